The van der Waals surface area contributed by atoms with Crippen LogP contribution in [0.1, 0.15) is 13.8 Å². The number of carbonyl (C=O) groups excluding carboxylic acids is 2. The number of benzene rings is 7. The van der Waals surface area contributed by atoms with Gasteiger partial charge in [0.25, 0.3) is 0 Å². The van der Waals surface area contributed by atoms with Gasteiger partial charge in [-0.25, -0.2) is 0 Å². The van der Waals surface area contributed by atoms with Crippen LogP contribution in [0.5, 0.6) is 11.5 Å². The number of esters is 2. The number of carbonyl (C=O) groups is 2. The Hall–Kier alpha value is -4.18. The topological polar surface area (TPSA) is 52.6 Å². The molecule has 0 bridgehead atoms. The van der Waals surface area contributed by atoms with Crippen LogP contribution in [-0.4, -0.2) is 11.9 Å². The summed E-state index contributed by atoms with van der Waals surface area (Å²) in [5, 5.41) is 12.9. The normalized spacial score (nSPS) is 12.3. The zero-order chi connectivity index (χ0) is 21.7. The molecule has 0 aliphatic rings. The molecule has 7 aromatic carbocycles. The molecule has 0 spiro atoms. The van der Waals surface area contributed by atoms with Crippen molar-refractivity contribution in [1.29, 1.82) is 0 Å². The Morgan fingerprint density at radius 3 is 1.34 bits per heavy atom. The first kappa shape index (κ1) is 17.5. The second kappa shape index (κ2) is 5.74. The van der Waals surface area contributed by atoms with Crippen molar-refractivity contribution in [3.8, 4) is 11.5 Å². The van der Waals surface area contributed by atoms with Crippen LogP contribution in [0, 0.1) is 0 Å². The lowest BCUT2D eigenvalue weighted by Crippen LogP contribution is -2.04. The van der Waals surface area contributed by atoms with E-state index in [9.17, 15) is 9.59 Å². The summed E-state index contributed by atoms with van der Waals surface area (Å²) in [6, 6.07) is 20.5. The quantitative estimate of drug-likeness (QED) is 0.135. The van der Waals surface area contributed by atoms with Gasteiger partial charge in [-0.15, -0.1) is 0 Å². The molecule has 0 fully saturated rings. The summed E-state index contributed by atoms with van der Waals surface area (Å²) in [4.78, 5) is 23.7. The van der Waals surface area contributed by atoms with Gasteiger partial charge in [0.1, 0.15) is 11.5 Å². The first-order valence-corrected chi connectivity index (χ1v) is 10.5. The Kier molecular flexibility index (Phi) is 3.14. The highest BCUT2D eigenvalue weighted by atomic mass is 16.5. The van der Waals surface area contributed by atoms with Crippen molar-refractivity contribution in [2.45, 2.75) is 13.8 Å². The van der Waals surface area contributed by atoms with Crippen molar-refractivity contribution >= 4 is 76.6 Å². The van der Waals surface area contributed by atoms with E-state index in [-0.39, 0.29) is 11.9 Å². The minimum atomic E-state index is -0.346. The lowest BCUT2D eigenvalue weighted by atomic mass is 9.82. The molecular formula is C28H16O4. The summed E-state index contributed by atoms with van der Waals surface area (Å²) in [6.45, 7) is 2.84. The van der Waals surface area contributed by atoms with Crippen LogP contribution >= 0.6 is 0 Å². The maximum absolute atomic E-state index is 11.9. The molecule has 0 N–H and O–H groups in total. The van der Waals surface area contributed by atoms with E-state index in [1.807, 2.05) is 30.3 Å². The van der Waals surface area contributed by atoms with Gasteiger partial charge in [-0.3, -0.25) is 9.59 Å². The molecule has 0 amide bonds. The van der Waals surface area contributed by atoms with Gasteiger partial charge in [0, 0.05) is 35.4 Å². The Balaban J connectivity index is 1.85. The Morgan fingerprint density at radius 1 is 0.500 bits per heavy atom. The van der Waals surface area contributed by atoms with Crippen LogP contribution in [-0.2, 0) is 9.59 Å². The molecule has 7 rings (SSSR count). The molecule has 0 aromatic heterocycles. The smallest absolute Gasteiger partial charge is 0.308 e. The maximum atomic E-state index is 11.9. The Labute approximate surface area is 181 Å². The lowest BCUT2D eigenvalue weighted by molar-refractivity contribution is -0.132. The first-order valence-electron chi connectivity index (χ1n) is 10.5. The summed E-state index contributed by atoms with van der Waals surface area (Å²) in [6.07, 6.45) is 0. The molecule has 4 heteroatoms. The molecule has 0 atom stereocenters. The van der Waals surface area contributed by atoms with E-state index < -0.39 is 0 Å². The average Bonchev–Trinajstić information content (AvgIpc) is 2.76. The van der Waals surface area contributed by atoms with Crippen molar-refractivity contribution in [3.05, 3.63) is 60.7 Å². The third kappa shape index (κ3) is 2.06. The van der Waals surface area contributed by atoms with E-state index in [0.29, 0.717) is 11.5 Å². The fraction of sp³-hybridized carbons (Fsp3) is 0.0714. The highest BCUT2D eigenvalue weighted by molar-refractivity contribution is 6.45. The van der Waals surface area contributed by atoms with E-state index in [4.69, 9.17) is 9.47 Å². The van der Waals surface area contributed by atoms with Crippen LogP contribution in [0.15, 0.2) is 60.7 Å². The molecule has 152 valence electrons. The summed E-state index contributed by atoms with van der Waals surface area (Å²) < 4.78 is 11.3. The Bertz CT molecular complexity index is 1830. The first-order chi connectivity index (χ1) is 15.5. The van der Waals surface area contributed by atoms with Gasteiger partial charge >= 0.3 is 11.9 Å². The Morgan fingerprint density at radius 2 is 0.844 bits per heavy atom. The van der Waals surface area contributed by atoms with Gasteiger partial charge < -0.3 is 9.47 Å². The minimum absolute atomic E-state index is 0.346. The van der Waals surface area contributed by atoms with Gasteiger partial charge in [0.15, 0.2) is 0 Å². The van der Waals surface area contributed by atoms with Crippen LogP contribution in [0.4, 0.5) is 0 Å². The van der Waals surface area contributed by atoms with Crippen LogP contribution < -0.4 is 9.47 Å². The lowest BCUT2D eigenvalue weighted by Gasteiger charge is -2.22. The van der Waals surface area contributed by atoms with Crippen molar-refractivity contribution in [3.63, 3.8) is 0 Å². The fourth-order valence-corrected chi connectivity index (χ4v) is 5.49. The van der Waals surface area contributed by atoms with Crippen LogP contribution in [0.3, 0.4) is 0 Å². The van der Waals surface area contributed by atoms with Gasteiger partial charge in [-0.2, -0.15) is 0 Å². The van der Waals surface area contributed by atoms with E-state index >= 15 is 0 Å². The monoisotopic (exact) mass is 416 g/mol. The zero-order valence-corrected chi connectivity index (χ0v) is 17.4. The molecule has 0 heterocycles. The van der Waals surface area contributed by atoms with Gasteiger partial charge in [0.2, 0.25) is 0 Å². The summed E-state index contributed by atoms with van der Waals surface area (Å²) in [7, 11) is 0. The van der Waals surface area contributed by atoms with Gasteiger partial charge in [-0.1, -0.05) is 36.4 Å². The molecule has 0 unspecified atom stereocenters. The predicted molar refractivity (Wildman–Crippen MR) is 128 cm³/mol. The van der Waals surface area contributed by atoms with E-state index in [1.165, 1.54) is 30.0 Å². The highest BCUT2D eigenvalue weighted by Crippen LogP contribution is 2.51. The molecular weight excluding hydrogens is 400 g/mol. The third-order valence-corrected chi connectivity index (χ3v) is 6.55. The number of rotatable bonds is 2. The van der Waals surface area contributed by atoms with Crippen molar-refractivity contribution < 1.29 is 19.1 Å². The van der Waals surface area contributed by atoms with Crippen LogP contribution in [0.25, 0.3) is 64.6 Å². The maximum Gasteiger partial charge on any atom is 0.308 e. The van der Waals surface area contributed by atoms with Crippen molar-refractivity contribution in [1.82, 2.24) is 0 Å². The molecule has 0 radical (unpaired) electrons. The predicted octanol–water partition coefficient (Wildman–Crippen LogP) is 6.77. The molecule has 4 nitrogen and oxygen atoms in total. The molecule has 7 aromatic rings. The van der Waals surface area contributed by atoms with Crippen molar-refractivity contribution in [2.75, 3.05) is 0 Å². The second-order valence-electron chi connectivity index (χ2n) is 8.44. The molecule has 32 heavy (non-hydrogen) atoms. The van der Waals surface area contributed by atoms with Crippen molar-refractivity contribution in [2.24, 2.45) is 0 Å². The summed E-state index contributed by atoms with van der Waals surface area (Å²) >= 11 is 0. The minimum Gasteiger partial charge on any atom is -0.426 e. The summed E-state index contributed by atoms with van der Waals surface area (Å²) in [5.74, 6) is 0.429. The molecule has 0 aliphatic heterocycles. The number of ether oxygens (including phenoxy) is 2. The average molecular weight is 416 g/mol. The van der Waals surface area contributed by atoms with E-state index in [0.717, 1.165) is 48.5 Å². The molecule has 0 saturated heterocycles. The molecule has 0 aliphatic carbocycles. The number of hydrogen-bond donors (Lipinski definition) is 0. The van der Waals surface area contributed by atoms with Crippen LogP contribution in [0.2, 0.25) is 0 Å². The van der Waals surface area contributed by atoms with E-state index in [1.54, 1.807) is 0 Å². The number of hydrogen-bond acceptors (Lipinski definition) is 4. The second-order valence-corrected chi connectivity index (χ2v) is 8.44. The largest absolute Gasteiger partial charge is 0.426 e. The SMILES string of the molecule is CC(=O)Oc1cc2ccc3c(OC(C)=O)cc4ccc5ccc6ccc1c1c6c5c4c3c21. The van der Waals surface area contributed by atoms with Gasteiger partial charge in [0.05, 0.1) is 0 Å². The molecule has 0 saturated carbocycles. The third-order valence-electron chi connectivity index (χ3n) is 6.55. The van der Waals surface area contributed by atoms with Gasteiger partial charge in [-0.05, 0) is 67.4 Å². The fourth-order valence-electron chi connectivity index (χ4n) is 5.49. The zero-order valence-electron chi connectivity index (χ0n) is 17.4. The summed E-state index contributed by atoms with van der Waals surface area (Å²) in [5.41, 5.74) is 0. The van der Waals surface area contributed by atoms with E-state index in [2.05, 4.69) is 30.3 Å². The standard InChI is InChI=1S/C28H16O4/c1-13(29)31-21-11-17-6-5-15-3-4-16-7-9-19-22(32-14(2)30)12-18-8-10-20(21)28-25(17)23(15)24(16)27(19)26(18)28/h3-12H,1-2H3. The highest BCUT2D eigenvalue weighted by Gasteiger charge is 2.24.